The predicted octanol–water partition coefficient (Wildman–Crippen LogP) is 4.14. The van der Waals surface area contributed by atoms with Gasteiger partial charge in [-0.1, -0.05) is 13.8 Å². The summed E-state index contributed by atoms with van der Waals surface area (Å²) in [5, 5.41) is 21.0. The van der Waals surface area contributed by atoms with E-state index in [1.54, 1.807) is 0 Å². The number of aliphatic hydroxyl groups is 2. The lowest BCUT2D eigenvalue weighted by Gasteiger charge is -2.61. The summed E-state index contributed by atoms with van der Waals surface area (Å²) >= 11 is 0. The number of hydrogen-bond acceptors (Lipinski definition) is 2. The molecule has 0 heterocycles. The molecule has 126 valence electrons. The molecule has 4 saturated carbocycles. The monoisotopic (exact) mass is 306 g/mol. The van der Waals surface area contributed by atoms with Crippen LogP contribution in [0.5, 0.6) is 0 Å². The minimum absolute atomic E-state index is 0.0457. The number of fused-ring (bicyclic) bond motifs is 5. The predicted molar refractivity (Wildman–Crippen MR) is 88.4 cm³/mol. The zero-order chi connectivity index (χ0) is 15.8. The molecule has 0 spiro atoms. The first kappa shape index (κ1) is 15.4. The highest BCUT2D eigenvalue weighted by atomic mass is 16.3. The molecule has 2 heteroatoms. The Morgan fingerprint density at radius 3 is 2.32 bits per heavy atom. The fourth-order valence-corrected chi connectivity index (χ4v) is 7.48. The number of aliphatic hydroxyl groups excluding tert-OH is 1. The van der Waals surface area contributed by atoms with Gasteiger partial charge in [0.2, 0.25) is 0 Å². The van der Waals surface area contributed by atoms with Crippen LogP contribution in [0.3, 0.4) is 0 Å². The standard InChI is InChI=1S/C20H34O2/c1-18-9-6-14(21)12-13(18)4-5-15-16(18)7-10-19(2)17(15)8-11-20(19,3)22/h13-17,21-22H,4-12H2,1-3H3/t13-,14+,15-,16+,17+,18+,19+,20+/m1/s1. The van der Waals surface area contributed by atoms with Crippen LogP contribution in [0.15, 0.2) is 0 Å². The second-order valence-electron chi connectivity index (χ2n) is 9.85. The Bertz CT molecular complexity index is 459. The van der Waals surface area contributed by atoms with Crippen molar-refractivity contribution in [1.82, 2.24) is 0 Å². The van der Waals surface area contributed by atoms with Crippen molar-refractivity contribution in [3.63, 3.8) is 0 Å². The summed E-state index contributed by atoms with van der Waals surface area (Å²) < 4.78 is 0. The van der Waals surface area contributed by atoms with Crippen LogP contribution in [0.25, 0.3) is 0 Å². The fraction of sp³-hybridized carbons (Fsp3) is 1.00. The summed E-state index contributed by atoms with van der Waals surface area (Å²) in [6.45, 7) is 7.01. The van der Waals surface area contributed by atoms with Crippen LogP contribution in [0.4, 0.5) is 0 Å². The van der Waals surface area contributed by atoms with Crippen molar-refractivity contribution < 1.29 is 10.2 Å². The molecule has 4 aliphatic carbocycles. The summed E-state index contributed by atoms with van der Waals surface area (Å²) in [5.74, 6) is 3.13. The topological polar surface area (TPSA) is 40.5 Å². The molecule has 4 aliphatic rings. The Balaban J connectivity index is 1.64. The van der Waals surface area contributed by atoms with Gasteiger partial charge in [0.25, 0.3) is 0 Å². The minimum atomic E-state index is -0.455. The summed E-state index contributed by atoms with van der Waals surface area (Å²) in [6.07, 6.45) is 10.6. The van der Waals surface area contributed by atoms with E-state index < -0.39 is 5.60 Å². The molecule has 0 saturated heterocycles. The van der Waals surface area contributed by atoms with Gasteiger partial charge in [-0.15, -0.1) is 0 Å². The van der Waals surface area contributed by atoms with Crippen LogP contribution >= 0.6 is 0 Å². The maximum atomic E-state index is 10.9. The SMILES string of the molecule is C[C@]12CC[C@H](O)C[C@H]1CC[C@@H]1[C@@H]2CC[C@@]2(C)[C@H]1CC[C@]2(C)O. The van der Waals surface area contributed by atoms with E-state index in [0.717, 1.165) is 42.9 Å². The molecule has 8 atom stereocenters. The van der Waals surface area contributed by atoms with Crippen LogP contribution in [0, 0.1) is 34.5 Å². The highest BCUT2D eigenvalue weighted by molar-refractivity contribution is 5.12. The Morgan fingerprint density at radius 2 is 1.55 bits per heavy atom. The summed E-state index contributed by atoms with van der Waals surface area (Å²) in [4.78, 5) is 0. The van der Waals surface area contributed by atoms with E-state index in [0.29, 0.717) is 5.41 Å². The van der Waals surface area contributed by atoms with E-state index in [9.17, 15) is 10.2 Å². The third-order valence-corrected chi connectivity index (χ3v) is 9.20. The van der Waals surface area contributed by atoms with Gasteiger partial charge in [0, 0.05) is 0 Å². The second kappa shape index (κ2) is 4.72. The normalized spacial score (nSPS) is 61.2. The molecule has 0 bridgehead atoms. The van der Waals surface area contributed by atoms with E-state index in [1.807, 2.05) is 0 Å². The number of hydrogen-bond donors (Lipinski definition) is 2. The average Bonchev–Trinajstić information content (AvgIpc) is 2.70. The van der Waals surface area contributed by atoms with Gasteiger partial charge in [0.1, 0.15) is 0 Å². The van der Waals surface area contributed by atoms with Crippen molar-refractivity contribution >= 4 is 0 Å². The van der Waals surface area contributed by atoms with Gasteiger partial charge in [-0.05, 0) is 99.2 Å². The Morgan fingerprint density at radius 1 is 0.818 bits per heavy atom. The van der Waals surface area contributed by atoms with Crippen molar-refractivity contribution in [1.29, 1.82) is 0 Å². The largest absolute Gasteiger partial charge is 0.393 e. The quantitative estimate of drug-likeness (QED) is 0.706. The molecular weight excluding hydrogens is 272 g/mol. The summed E-state index contributed by atoms with van der Waals surface area (Å²) in [5.41, 5.74) is 0.145. The van der Waals surface area contributed by atoms with Gasteiger partial charge in [0.05, 0.1) is 11.7 Å². The third kappa shape index (κ3) is 1.86. The van der Waals surface area contributed by atoms with Gasteiger partial charge >= 0.3 is 0 Å². The second-order valence-corrected chi connectivity index (χ2v) is 9.85. The Hall–Kier alpha value is -0.0800. The fourth-order valence-electron chi connectivity index (χ4n) is 7.48. The van der Waals surface area contributed by atoms with Gasteiger partial charge < -0.3 is 10.2 Å². The molecule has 4 rings (SSSR count). The minimum Gasteiger partial charge on any atom is -0.393 e. The highest BCUT2D eigenvalue weighted by Crippen LogP contribution is 2.68. The van der Waals surface area contributed by atoms with Crippen molar-refractivity contribution in [2.24, 2.45) is 34.5 Å². The van der Waals surface area contributed by atoms with E-state index in [-0.39, 0.29) is 11.5 Å². The molecule has 0 aromatic heterocycles. The molecule has 4 fully saturated rings. The van der Waals surface area contributed by atoms with Gasteiger partial charge in [-0.25, -0.2) is 0 Å². The van der Waals surface area contributed by atoms with Gasteiger partial charge in [0.15, 0.2) is 0 Å². The third-order valence-electron chi connectivity index (χ3n) is 9.20. The number of rotatable bonds is 0. The Labute approximate surface area is 135 Å². The molecule has 0 aromatic rings. The first-order chi connectivity index (χ1) is 10.3. The van der Waals surface area contributed by atoms with Crippen LogP contribution < -0.4 is 0 Å². The van der Waals surface area contributed by atoms with E-state index in [1.165, 1.54) is 38.5 Å². The molecule has 22 heavy (non-hydrogen) atoms. The maximum Gasteiger partial charge on any atom is 0.0675 e. The molecule has 0 aromatic carbocycles. The molecule has 0 aliphatic heterocycles. The summed E-state index contributed by atoms with van der Waals surface area (Å²) in [7, 11) is 0. The molecule has 2 nitrogen and oxygen atoms in total. The van der Waals surface area contributed by atoms with Crippen molar-refractivity contribution in [2.75, 3.05) is 0 Å². The first-order valence-corrected chi connectivity index (χ1v) is 9.68. The lowest BCUT2D eigenvalue weighted by Crippen LogP contribution is -2.56. The van der Waals surface area contributed by atoms with Crippen molar-refractivity contribution in [3.8, 4) is 0 Å². The smallest absolute Gasteiger partial charge is 0.0675 e. The molecule has 2 N–H and O–H groups in total. The lowest BCUT2D eigenvalue weighted by molar-refractivity contribution is -0.153. The van der Waals surface area contributed by atoms with Crippen LogP contribution in [0.1, 0.15) is 78.6 Å². The zero-order valence-electron chi connectivity index (χ0n) is 14.6. The lowest BCUT2D eigenvalue weighted by atomic mass is 9.44. The van der Waals surface area contributed by atoms with Crippen molar-refractivity contribution in [3.05, 3.63) is 0 Å². The van der Waals surface area contributed by atoms with E-state index >= 15 is 0 Å². The highest BCUT2D eigenvalue weighted by Gasteiger charge is 2.63. The molecular formula is C20H34O2. The summed E-state index contributed by atoms with van der Waals surface area (Å²) in [6, 6.07) is 0. The molecule has 0 unspecified atom stereocenters. The molecule has 0 radical (unpaired) electrons. The Kier molecular flexibility index (Phi) is 3.32. The van der Waals surface area contributed by atoms with Crippen LogP contribution in [0.2, 0.25) is 0 Å². The van der Waals surface area contributed by atoms with Gasteiger partial charge in [-0.2, -0.15) is 0 Å². The van der Waals surface area contributed by atoms with Gasteiger partial charge in [-0.3, -0.25) is 0 Å². The maximum absolute atomic E-state index is 10.9. The van der Waals surface area contributed by atoms with Crippen LogP contribution in [-0.2, 0) is 0 Å². The molecule has 0 amide bonds. The average molecular weight is 306 g/mol. The zero-order valence-corrected chi connectivity index (χ0v) is 14.6. The van der Waals surface area contributed by atoms with Crippen LogP contribution in [-0.4, -0.2) is 21.9 Å². The first-order valence-electron chi connectivity index (χ1n) is 9.68. The van der Waals surface area contributed by atoms with Crippen molar-refractivity contribution in [2.45, 2.75) is 90.3 Å². The van der Waals surface area contributed by atoms with E-state index in [2.05, 4.69) is 20.8 Å². The van der Waals surface area contributed by atoms with E-state index in [4.69, 9.17) is 0 Å².